The second-order valence-corrected chi connectivity index (χ2v) is 9.22. The summed E-state index contributed by atoms with van der Waals surface area (Å²) >= 11 is 6.53. The number of nitrogens with zero attached hydrogens (tertiary/aromatic N) is 1. The number of esters is 1. The van der Waals surface area contributed by atoms with Gasteiger partial charge in [-0.1, -0.05) is 50.6 Å². The van der Waals surface area contributed by atoms with Crippen LogP contribution in [0, 0.1) is 11.3 Å². The highest BCUT2D eigenvalue weighted by molar-refractivity contribution is 6.31. The third-order valence-corrected chi connectivity index (χ3v) is 5.98. The average molecular weight is 432 g/mol. The number of carbonyl (C=O) groups excluding carboxylic acids is 2. The summed E-state index contributed by atoms with van der Waals surface area (Å²) in [5.74, 6) is -1.34. The first-order valence-electron chi connectivity index (χ1n) is 10.6. The molecular weight excluding hydrogens is 402 g/mol. The van der Waals surface area contributed by atoms with E-state index in [1.54, 1.807) is 6.07 Å². The van der Waals surface area contributed by atoms with Crippen molar-refractivity contribution in [3.63, 3.8) is 0 Å². The van der Waals surface area contributed by atoms with Gasteiger partial charge < -0.3 is 9.47 Å². The maximum atomic E-state index is 13.2. The minimum atomic E-state index is -0.487. The molecule has 1 saturated carbocycles. The lowest BCUT2D eigenvalue weighted by Crippen LogP contribution is -2.44. The molecule has 0 radical (unpaired) electrons. The number of carbonyl (C=O) groups is 2. The van der Waals surface area contributed by atoms with Gasteiger partial charge in [-0.25, -0.2) is 4.79 Å². The number of Topliss-reactive ketones (excluding diaryl/α,β-unsaturated/α-hetero) is 1. The first-order chi connectivity index (χ1) is 14.2. The Kier molecular flexibility index (Phi) is 7.14. The Bertz CT molecular complexity index is 887. The molecule has 5 nitrogen and oxygen atoms in total. The summed E-state index contributed by atoms with van der Waals surface area (Å²) in [6, 6.07) is 7.39. The fourth-order valence-corrected chi connectivity index (χ4v) is 4.69. The second-order valence-electron chi connectivity index (χ2n) is 8.81. The molecule has 0 bridgehead atoms. The van der Waals surface area contributed by atoms with E-state index in [-0.39, 0.29) is 17.8 Å². The van der Waals surface area contributed by atoms with Crippen molar-refractivity contribution >= 4 is 29.1 Å². The van der Waals surface area contributed by atoms with E-state index >= 15 is 0 Å². The van der Waals surface area contributed by atoms with Gasteiger partial charge in [0.25, 0.3) is 0 Å². The number of ether oxygens (including phenoxy) is 2. The van der Waals surface area contributed by atoms with E-state index < -0.39 is 17.8 Å². The van der Waals surface area contributed by atoms with Crippen molar-refractivity contribution in [1.82, 2.24) is 0 Å². The lowest BCUT2D eigenvalue weighted by atomic mass is 9.63. The minimum absolute atomic E-state index is 0.0963. The van der Waals surface area contributed by atoms with Gasteiger partial charge in [0.1, 0.15) is 12.4 Å². The highest BCUT2D eigenvalue weighted by Gasteiger charge is 2.48. The fourth-order valence-electron chi connectivity index (χ4n) is 4.44. The maximum absolute atomic E-state index is 13.2. The third-order valence-electron chi connectivity index (χ3n) is 5.63. The predicted octanol–water partition coefficient (Wildman–Crippen LogP) is 5.13. The number of fused-ring (bicyclic) bond motifs is 1. The Morgan fingerprint density at radius 3 is 2.60 bits per heavy atom. The fraction of sp³-hybridized carbons (Fsp3) is 0.542. The van der Waals surface area contributed by atoms with Crippen molar-refractivity contribution in [1.29, 1.82) is 0 Å². The van der Waals surface area contributed by atoms with E-state index in [1.807, 2.05) is 32.0 Å². The molecule has 0 saturated heterocycles. The smallest absolute Gasteiger partial charge is 0.336 e. The SMILES string of the molecule is CCCOCCOC(=O)C1=C(C)N=C2CC(C)(C)CC(=O)C2C1c1ccccc1Cl. The number of halogens is 1. The lowest BCUT2D eigenvalue weighted by molar-refractivity contribution is -0.141. The molecule has 1 fully saturated rings. The van der Waals surface area contributed by atoms with E-state index in [1.165, 1.54) is 0 Å². The highest BCUT2D eigenvalue weighted by atomic mass is 35.5. The molecule has 6 heteroatoms. The predicted molar refractivity (Wildman–Crippen MR) is 118 cm³/mol. The Balaban J connectivity index is 1.98. The first-order valence-corrected chi connectivity index (χ1v) is 10.9. The van der Waals surface area contributed by atoms with Gasteiger partial charge in [-0.05, 0) is 36.8 Å². The molecule has 0 spiro atoms. The number of hydrogen-bond donors (Lipinski definition) is 0. The van der Waals surface area contributed by atoms with Gasteiger partial charge in [-0.15, -0.1) is 0 Å². The number of ketones is 1. The summed E-state index contributed by atoms with van der Waals surface area (Å²) in [6.45, 7) is 9.11. The average Bonchev–Trinajstić information content (AvgIpc) is 2.66. The van der Waals surface area contributed by atoms with Crippen LogP contribution in [-0.2, 0) is 19.1 Å². The van der Waals surface area contributed by atoms with Crippen LogP contribution in [0.5, 0.6) is 0 Å². The zero-order valence-electron chi connectivity index (χ0n) is 18.2. The zero-order chi connectivity index (χ0) is 21.9. The Morgan fingerprint density at radius 1 is 1.17 bits per heavy atom. The van der Waals surface area contributed by atoms with Crippen LogP contribution in [0.1, 0.15) is 58.4 Å². The molecule has 2 atom stereocenters. The van der Waals surface area contributed by atoms with Crippen LogP contribution in [0.4, 0.5) is 0 Å². The van der Waals surface area contributed by atoms with Crippen molar-refractivity contribution in [2.24, 2.45) is 16.3 Å². The van der Waals surface area contributed by atoms with E-state index in [0.717, 1.165) is 24.1 Å². The van der Waals surface area contributed by atoms with Gasteiger partial charge in [0.2, 0.25) is 0 Å². The molecule has 1 heterocycles. The molecule has 0 N–H and O–H groups in total. The molecule has 1 aromatic rings. The van der Waals surface area contributed by atoms with Crippen LogP contribution >= 0.6 is 11.6 Å². The normalized spacial score (nSPS) is 23.1. The van der Waals surface area contributed by atoms with E-state index in [4.69, 9.17) is 26.1 Å². The molecule has 0 amide bonds. The van der Waals surface area contributed by atoms with Gasteiger partial charge in [-0.2, -0.15) is 0 Å². The third kappa shape index (κ3) is 4.84. The standard InChI is InChI=1S/C24H30ClNO4/c1-5-10-29-11-12-30-23(28)20-15(2)26-18-13-24(3,4)14-19(27)22(18)21(20)16-8-6-7-9-17(16)25/h6-9,21-22H,5,10-14H2,1-4H3. The molecular formula is C24H30ClNO4. The zero-order valence-corrected chi connectivity index (χ0v) is 18.9. The van der Waals surface area contributed by atoms with Crippen LogP contribution < -0.4 is 0 Å². The molecule has 1 aliphatic carbocycles. The molecule has 0 aromatic heterocycles. The summed E-state index contributed by atoms with van der Waals surface area (Å²) in [6.07, 6.45) is 2.07. The second kappa shape index (κ2) is 9.44. The monoisotopic (exact) mass is 431 g/mol. The summed E-state index contributed by atoms with van der Waals surface area (Å²) < 4.78 is 10.9. The molecule has 1 aliphatic heterocycles. The summed E-state index contributed by atoms with van der Waals surface area (Å²) in [5.41, 5.74) is 2.46. The van der Waals surface area contributed by atoms with Crippen LogP contribution in [0.3, 0.4) is 0 Å². The summed E-state index contributed by atoms with van der Waals surface area (Å²) in [4.78, 5) is 31.0. The maximum Gasteiger partial charge on any atom is 0.336 e. The van der Waals surface area contributed by atoms with Gasteiger partial charge in [0.05, 0.1) is 18.1 Å². The van der Waals surface area contributed by atoms with Crippen molar-refractivity contribution in [3.05, 3.63) is 46.1 Å². The van der Waals surface area contributed by atoms with Crippen molar-refractivity contribution in [3.8, 4) is 0 Å². The van der Waals surface area contributed by atoms with Crippen molar-refractivity contribution in [2.45, 2.75) is 52.9 Å². The van der Waals surface area contributed by atoms with Gasteiger partial charge in [-0.3, -0.25) is 9.79 Å². The van der Waals surface area contributed by atoms with Crippen molar-refractivity contribution in [2.75, 3.05) is 19.8 Å². The minimum Gasteiger partial charge on any atom is -0.460 e. The molecule has 3 rings (SSSR count). The largest absolute Gasteiger partial charge is 0.460 e. The number of benzene rings is 1. The number of hydrogen-bond acceptors (Lipinski definition) is 5. The number of rotatable bonds is 7. The van der Waals surface area contributed by atoms with Crippen LogP contribution in [-0.4, -0.2) is 37.3 Å². The number of aliphatic imine (C=N–C) groups is 1. The molecule has 2 aliphatic rings. The summed E-state index contributed by atoms with van der Waals surface area (Å²) in [5, 5.41) is 0.533. The van der Waals surface area contributed by atoms with E-state index in [2.05, 4.69) is 13.8 Å². The quantitative estimate of drug-likeness (QED) is 0.443. The van der Waals surface area contributed by atoms with Gasteiger partial charge in [0.15, 0.2) is 0 Å². The topological polar surface area (TPSA) is 65.0 Å². The molecule has 2 unspecified atom stereocenters. The van der Waals surface area contributed by atoms with E-state index in [0.29, 0.717) is 35.9 Å². The van der Waals surface area contributed by atoms with Crippen LogP contribution in [0.25, 0.3) is 0 Å². The Morgan fingerprint density at radius 2 is 1.90 bits per heavy atom. The highest BCUT2D eigenvalue weighted by Crippen LogP contribution is 2.48. The van der Waals surface area contributed by atoms with E-state index in [9.17, 15) is 9.59 Å². The molecule has 30 heavy (non-hydrogen) atoms. The van der Waals surface area contributed by atoms with Crippen LogP contribution in [0.15, 0.2) is 40.5 Å². The molecule has 162 valence electrons. The van der Waals surface area contributed by atoms with Gasteiger partial charge in [0, 0.05) is 35.4 Å². The Hall–Kier alpha value is -1.98. The lowest BCUT2D eigenvalue weighted by Gasteiger charge is -2.41. The van der Waals surface area contributed by atoms with Gasteiger partial charge >= 0.3 is 5.97 Å². The van der Waals surface area contributed by atoms with Crippen LogP contribution in [0.2, 0.25) is 5.02 Å². The number of allylic oxidation sites excluding steroid dienone is 1. The summed E-state index contributed by atoms with van der Waals surface area (Å²) in [7, 11) is 0. The molecule has 1 aromatic carbocycles. The van der Waals surface area contributed by atoms with Crippen molar-refractivity contribution < 1.29 is 19.1 Å². The Labute approximate surface area is 183 Å². The first kappa shape index (κ1) is 22.7.